The van der Waals surface area contributed by atoms with Gasteiger partial charge in [0.25, 0.3) is 0 Å². The predicted octanol–water partition coefficient (Wildman–Crippen LogP) is 5.72. The molecule has 29 heavy (non-hydrogen) atoms. The van der Waals surface area contributed by atoms with Gasteiger partial charge in [-0.1, -0.05) is 62.2 Å². The number of aliphatic hydroxyl groups is 1. The Balaban J connectivity index is 1.87. The van der Waals surface area contributed by atoms with Gasteiger partial charge in [0.2, 0.25) is 0 Å². The zero-order valence-electron chi connectivity index (χ0n) is 17.3. The van der Waals surface area contributed by atoms with Crippen molar-refractivity contribution < 1.29 is 5.11 Å². The molecular formula is C23H31Cl3N2O. The lowest BCUT2D eigenvalue weighted by Gasteiger charge is -2.44. The number of hydrogen-bond donors (Lipinski definition) is 2. The number of aliphatic hydroxyl groups excluding tert-OH is 1. The molecule has 6 heteroatoms. The molecule has 1 fully saturated rings. The van der Waals surface area contributed by atoms with Gasteiger partial charge in [0.05, 0.1) is 28.8 Å². The second kappa shape index (κ2) is 10.1. The molecule has 3 rings (SSSR count). The van der Waals surface area contributed by atoms with Gasteiger partial charge in [0.1, 0.15) is 0 Å². The van der Waals surface area contributed by atoms with E-state index in [1.807, 2.05) is 18.2 Å². The third kappa shape index (κ3) is 5.51. The normalized spacial score (nSPS) is 28.9. The molecule has 0 saturated carbocycles. The Bertz CT molecular complexity index is 747. The first-order chi connectivity index (χ1) is 13.8. The molecule has 0 aromatic heterocycles. The first-order valence-electron chi connectivity index (χ1n) is 10.4. The average Bonchev–Trinajstić information content (AvgIpc) is 2.69. The summed E-state index contributed by atoms with van der Waals surface area (Å²) in [7, 11) is 0. The fourth-order valence-corrected chi connectivity index (χ4v) is 4.89. The van der Waals surface area contributed by atoms with E-state index in [1.54, 1.807) is 0 Å². The average molecular weight is 458 g/mol. The molecule has 5 atom stereocenters. The van der Waals surface area contributed by atoms with Gasteiger partial charge in [-0.05, 0) is 48.4 Å². The van der Waals surface area contributed by atoms with Crippen LogP contribution in [-0.2, 0) is 0 Å². The van der Waals surface area contributed by atoms with Gasteiger partial charge in [0.15, 0.2) is 0 Å². The molecule has 1 aliphatic heterocycles. The van der Waals surface area contributed by atoms with Crippen molar-refractivity contribution in [2.45, 2.75) is 57.1 Å². The van der Waals surface area contributed by atoms with E-state index >= 15 is 0 Å². The molecule has 0 spiro atoms. The largest absolute Gasteiger partial charge is 0.395 e. The Morgan fingerprint density at radius 2 is 1.86 bits per heavy atom. The Labute approximate surface area is 189 Å². The minimum atomic E-state index is -0.0733. The van der Waals surface area contributed by atoms with Crippen LogP contribution in [-0.4, -0.2) is 40.6 Å². The van der Waals surface area contributed by atoms with E-state index in [4.69, 9.17) is 34.8 Å². The highest BCUT2D eigenvalue weighted by atomic mass is 35.5. The Morgan fingerprint density at radius 3 is 2.48 bits per heavy atom. The lowest BCUT2D eigenvalue weighted by atomic mass is 9.88. The maximum Gasteiger partial charge on any atom is 0.0611 e. The summed E-state index contributed by atoms with van der Waals surface area (Å²) in [6.07, 6.45) is 6.08. The van der Waals surface area contributed by atoms with Crippen LogP contribution in [0.5, 0.6) is 0 Å². The monoisotopic (exact) mass is 456 g/mol. The highest BCUT2D eigenvalue weighted by molar-refractivity contribution is 6.33. The molecule has 2 aliphatic rings. The van der Waals surface area contributed by atoms with E-state index < -0.39 is 0 Å². The number of piperidine rings is 1. The van der Waals surface area contributed by atoms with Crippen molar-refractivity contribution >= 4 is 34.8 Å². The number of halogens is 3. The van der Waals surface area contributed by atoms with Crippen LogP contribution in [0.2, 0.25) is 5.02 Å². The van der Waals surface area contributed by atoms with E-state index in [1.165, 1.54) is 5.56 Å². The number of likely N-dealkylation sites (tertiary alicyclic amines) is 1. The maximum absolute atomic E-state index is 9.75. The van der Waals surface area contributed by atoms with Crippen molar-refractivity contribution in [1.82, 2.24) is 10.2 Å². The molecule has 0 amide bonds. The van der Waals surface area contributed by atoms with Crippen LogP contribution in [0.3, 0.4) is 0 Å². The molecule has 0 bridgehead atoms. The van der Waals surface area contributed by atoms with Gasteiger partial charge in [0, 0.05) is 23.7 Å². The van der Waals surface area contributed by atoms with Crippen LogP contribution in [0.4, 0.5) is 0 Å². The second-order valence-electron chi connectivity index (χ2n) is 8.55. The predicted molar refractivity (Wildman–Crippen MR) is 124 cm³/mol. The van der Waals surface area contributed by atoms with Crippen molar-refractivity contribution in [2.75, 3.05) is 13.2 Å². The fourth-order valence-electron chi connectivity index (χ4n) is 4.20. The van der Waals surface area contributed by atoms with E-state index in [-0.39, 0.29) is 30.0 Å². The number of rotatable bonds is 6. The molecular weight excluding hydrogens is 427 g/mol. The summed E-state index contributed by atoms with van der Waals surface area (Å²) in [4.78, 5) is 2.41. The molecule has 1 heterocycles. The third-order valence-electron chi connectivity index (χ3n) is 6.09. The standard InChI is InChI=1S/C23H31Cl3N2O/c1-14(2)21(13-29)27-18-8-9-28(23-10-15(3)19(25)12-20(23)26)22(11-18)16-4-6-17(24)7-5-16/h4-7,10,12,14-15,18-19,21-22,27,29H,8-9,11,13H2,1-3H3/t15-,18?,19?,21?,22?/m0/s1. The van der Waals surface area contributed by atoms with Crippen LogP contribution in [0.1, 0.15) is 45.2 Å². The van der Waals surface area contributed by atoms with Crippen LogP contribution >= 0.6 is 34.8 Å². The fraction of sp³-hybridized carbons (Fsp3) is 0.565. The number of hydrogen-bond acceptors (Lipinski definition) is 3. The highest BCUT2D eigenvalue weighted by Crippen LogP contribution is 2.40. The summed E-state index contributed by atoms with van der Waals surface area (Å²) >= 11 is 19.2. The molecule has 0 radical (unpaired) electrons. The van der Waals surface area contributed by atoms with Crippen molar-refractivity contribution in [3.05, 3.63) is 57.7 Å². The Kier molecular flexibility index (Phi) is 7.97. The summed E-state index contributed by atoms with van der Waals surface area (Å²) in [5.41, 5.74) is 2.29. The molecule has 1 aromatic carbocycles. The minimum Gasteiger partial charge on any atom is -0.395 e. The Hall–Kier alpha value is -0.710. The van der Waals surface area contributed by atoms with Gasteiger partial charge >= 0.3 is 0 Å². The van der Waals surface area contributed by atoms with Gasteiger partial charge in [-0.15, -0.1) is 11.6 Å². The highest BCUT2D eigenvalue weighted by Gasteiger charge is 2.34. The lowest BCUT2D eigenvalue weighted by Crippen LogP contribution is -2.50. The number of alkyl halides is 1. The molecule has 1 saturated heterocycles. The van der Waals surface area contributed by atoms with Crippen molar-refractivity contribution in [1.29, 1.82) is 0 Å². The lowest BCUT2D eigenvalue weighted by molar-refractivity contribution is 0.136. The van der Waals surface area contributed by atoms with Crippen LogP contribution in [0.25, 0.3) is 0 Å². The summed E-state index contributed by atoms with van der Waals surface area (Å²) < 4.78 is 0. The molecule has 3 nitrogen and oxygen atoms in total. The molecule has 2 N–H and O–H groups in total. The maximum atomic E-state index is 9.75. The number of allylic oxidation sites excluding steroid dienone is 3. The minimum absolute atomic E-state index is 0.0733. The Morgan fingerprint density at radius 1 is 1.17 bits per heavy atom. The summed E-state index contributed by atoms with van der Waals surface area (Å²) in [6.45, 7) is 7.44. The summed E-state index contributed by atoms with van der Waals surface area (Å²) in [5.74, 6) is 0.613. The zero-order valence-corrected chi connectivity index (χ0v) is 19.6. The summed E-state index contributed by atoms with van der Waals surface area (Å²) in [5, 5.41) is 14.8. The van der Waals surface area contributed by atoms with Crippen molar-refractivity contribution in [3.8, 4) is 0 Å². The van der Waals surface area contributed by atoms with Crippen LogP contribution in [0.15, 0.2) is 47.1 Å². The molecule has 1 aromatic rings. The van der Waals surface area contributed by atoms with Gasteiger partial charge in [-0.25, -0.2) is 0 Å². The first-order valence-corrected chi connectivity index (χ1v) is 11.6. The molecule has 1 aliphatic carbocycles. The van der Waals surface area contributed by atoms with E-state index in [0.29, 0.717) is 12.0 Å². The van der Waals surface area contributed by atoms with Gasteiger partial charge in [-0.2, -0.15) is 0 Å². The number of nitrogens with one attached hydrogen (secondary N) is 1. The van der Waals surface area contributed by atoms with Crippen molar-refractivity contribution in [2.24, 2.45) is 11.8 Å². The summed E-state index contributed by atoms with van der Waals surface area (Å²) in [6, 6.07) is 8.70. The number of nitrogens with zero attached hydrogens (tertiary/aromatic N) is 1. The topological polar surface area (TPSA) is 35.5 Å². The third-order valence-corrected chi connectivity index (χ3v) is 7.19. The van der Waals surface area contributed by atoms with E-state index in [0.717, 1.165) is 35.1 Å². The van der Waals surface area contributed by atoms with Gasteiger partial charge in [-0.3, -0.25) is 0 Å². The van der Waals surface area contributed by atoms with Crippen LogP contribution in [0, 0.1) is 11.8 Å². The van der Waals surface area contributed by atoms with Crippen molar-refractivity contribution in [3.63, 3.8) is 0 Å². The number of benzene rings is 1. The van der Waals surface area contributed by atoms with Gasteiger partial charge < -0.3 is 15.3 Å². The second-order valence-corrected chi connectivity index (χ2v) is 9.90. The smallest absolute Gasteiger partial charge is 0.0611 e. The van der Waals surface area contributed by atoms with Crippen LogP contribution < -0.4 is 5.32 Å². The molecule has 160 valence electrons. The quantitative estimate of drug-likeness (QED) is 0.537. The first kappa shape index (κ1) is 23.0. The molecule has 4 unspecified atom stereocenters. The van der Waals surface area contributed by atoms with E-state index in [9.17, 15) is 5.11 Å². The SMILES string of the molecule is CC(C)C(CO)NC1CCN(C2=C[C@H](C)C(Cl)C=C2Cl)C(c2ccc(Cl)cc2)C1. The zero-order chi connectivity index (χ0) is 21.1. The van der Waals surface area contributed by atoms with E-state index in [2.05, 4.69) is 49.2 Å².